The van der Waals surface area contributed by atoms with Gasteiger partial charge in [-0.1, -0.05) is 13.3 Å². The van der Waals surface area contributed by atoms with Crippen molar-refractivity contribution in [3.8, 4) is 0 Å². The second-order valence-electron chi connectivity index (χ2n) is 6.45. The summed E-state index contributed by atoms with van der Waals surface area (Å²) in [6.07, 6.45) is 4.77. The molecule has 1 aliphatic heterocycles. The molecule has 2 saturated carbocycles. The highest BCUT2D eigenvalue weighted by Crippen LogP contribution is 2.49. The minimum absolute atomic E-state index is 0.0880. The first kappa shape index (κ1) is 12.0. The van der Waals surface area contributed by atoms with Crippen LogP contribution >= 0.6 is 0 Å². The molecule has 100 valence electrons. The van der Waals surface area contributed by atoms with Crippen LogP contribution in [-0.2, 0) is 9.59 Å². The zero-order valence-corrected chi connectivity index (χ0v) is 10.8. The van der Waals surface area contributed by atoms with Gasteiger partial charge in [-0.15, -0.1) is 0 Å². The molecule has 18 heavy (non-hydrogen) atoms. The topological polar surface area (TPSA) is 57.6 Å². The van der Waals surface area contributed by atoms with Crippen molar-refractivity contribution in [3.63, 3.8) is 0 Å². The Morgan fingerprint density at radius 2 is 1.89 bits per heavy atom. The van der Waals surface area contributed by atoms with Gasteiger partial charge in [0.2, 0.25) is 5.91 Å². The van der Waals surface area contributed by atoms with Gasteiger partial charge in [0.25, 0.3) is 0 Å². The molecular formula is C14H21NO3. The standard InChI is InChI=1S/C14H21NO3/c1-8-6-15(7-12(8)14(17)18)13(16)11-5-9-2-3-10(11)4-9/h8-12H,2-7H2,1H3,(H,17,18). The van der Waals surface area contributed by atoms with Gasteiger partial charge in [0.15, 0.2) is 0 Å². The molecule has 3 rings (SSSR count). The highest BCUT2D eigenvalue weighted by atomic mass is 16.4. The van der Waals surface area contributed by atoms with Crippen molar-refractivity contribution in [2.24, 2.45) is 29.6 Å². The third-order valence-corrected chi connectivity index (χ3v) is 5.30. The van der Waals surface area contributed by atoms with E-state index in [1.807, 2.05) is 11.8 Å². The van der Waals surface area contributed by atoms with E-state index in [1.165, 1.54) is 19.3 Å². The normalized spacial score (nSPS) is 42.5. The minimum atomic E-state index is -0.759. The molecule has 0 aromatic rings. The van der Waals surface area contributed by atoms with Crippen molar-refractivity contribution >= 4 is 11.9 Å². The predicted molar refractivity (Wildman–Crippen MR) is 65.8 cm³/mol. The molecule has 3 fully saturated rings. The number of amides is 1. The van der Waals surface area contributed by atoms with Gasteiger partial charge >= 0.3 is 5.97 Å². The molecule has 1 N–H and O–H groups in total. The second kappa shape index (κ2) is 4.25. The Bertz CT molecular complexity index is 381. The van der Waals surface area contributed by atoms with E-state index in [1.54, 1.807) is 0 Å². The summed E-state index contributed by atoms with van der Waals surface area (Å²) in [5, 5.41) is 9.12. The molecule has 2 aliphatic carbocycles. The monoisotopic (exact) mass is 251 g/mol. The predicted octanol–water partition coefficient (Wildman–Crippen LogP) is 1.60. The van der Waals surface area contributed by atoms with Crippen LogP contribution in [0.1, 0.15) is 32.6 Å². The zero-order valence-electron chi connectivity index (χ0n) is 10.8. The molecule has 0 radical (unpaired) electrons. The summed E-state index contributed by atoms with van der Waals surface area (Å²) < 4.78 is 0. The smallest absolute Gasteiger partial charge is 0.308 e. The fraction of sp³-hybridized carbons (Fsp3) is 0.857. The average molecular weight is 251 g/mol. The van der Waals surface area contributed by atoms with Crippen molar-refractivity contribution in [1.82, 2.24) is 4.90 Å². The number of likely N-dealkylation sites (tertiary alicyclic amines) is 1. The van der Waals surface area contributed by atoms with E-state index in [4.69, 9.17) is 5.11 Å². The van der Waals surface area contributed by atoms with Gasteiger partial charge in [0.05, 0.1) is 5.92 Å². The van der Waals surface area contributed by atoms with E-state index >= 15 is 0 Å². The molecule has 5 unspecified atom stereocenters. The molecule has 3 aliphatic rings. The van der Waals surface area contributed by atoms with Crippen LogP contribution in [0.25, 0.3) is 0 Å². The molecule has 0 aromatic carbocycles. The van der Waals surface area contributed by atoms with Gasteiger partial charge in [-0.3, -0.25) is 9.59 Å². The lowest BCUT2D eigenvalue weighted by molar-refractivity contribution is -0.142. The summed E-state index contributed by atoms with van der Waals surface area (Å²) in [6, 6.07) is 0. The number of hydrogen-bond donors (Lipinski definition) is 1. The van der Waals surface area contributed by atoms with Crippen LogP contribution in [0.15, 0.2) is 0 Å². The first-order chi connectivity index (χ1) is 8.56. The lowest BCUT2D eigenvalue weighted by atomic mass is 9.88. The van der Waals surface area contributed by atoms with Crippen molar-refractivity contribution < 1.29 is 14.7 Å². The van der Waals surface area contributed by atoms with Crippen molar-refractivity contribution in [3.05, 3.63) is 0 Å². The first-order valence-corrected chi connectivity index (χ1v) is 7.08. The van der Waals surface area contributed by atoms with Gasteiger partial charge in [0.1, 0.15) is 0 Å². The van der Waals surface area contributed by atoms with E-state index in [-0.39, 0.29) is 23.7 Å². The van der Waals surface area contributed by atoms with Gasteiger partial charge in [-0.05, 0) is 37.0 Å². The average Bonchev–Trinajstić information content (AvgIpc) is 3.01. The molecule has 4 nitrogen and oxygen atoms in total. The summed E-state index contributed by atoms with van der Waals surface area (Å²) in [5.41, 5.74) is 0. The van der Waals surface area contributed by atoms with Gasteiger partial charge in [-0.25, -0.2) is 0 Å². The molecule has 4 heteroatoms. The van der Waals surface area contributed by atoms with Crippen LogP contribution in [0.2, 0.25) is 0 Å². The van der Waals surface area contributed by atoms with E-state index in [9.17, 15) is 9.59 Å². The fourth-order valence-corrected chi connectivity index (χ4v) is 4.25. The van der Waals surface area contributed by atoms with Crippen molar-refractivity contribution in [1.29, 1.82) is 0 Å². The van der Waals surface area contributed by atoms with E-state index < -0.39 is 5.97 Å². The van der Waals surface area contributed by atoms with Gasteiger partial charge in [0, 0.05) is 19.0 Å². The Balaban J connectivity index is 1.66. The number of hydrogen-bond acceptors (Lipinski definition) is 2. The van der Waals surface area contributed by atoms with Gasteiger partial charge < -0.3 is 10.0 Å². The minimum Gasteiger partial charge on any atom is -0.481 e. The maximum atomic E-state index is 12.5. The van der Waals surface area contributed by atoms with Gasteiger partial charge in [-0.2, -0.15) is 0 Å². The number of carboxylic acid groups (broad SMARTS) is 1. The zero-order chi connectivity index (χ0) is 12.9. The number of nitrogens with zero attached hydrogens (tertiary/aromatic N) is 1. The molecule has 0 aromatic heterocycles. The maximum Gasteiger partial charge on any atom is 0.308 e. The van der Waals surface area contributed by atoms with Crippen molar-refractivity contribution in [2.45, 2.75) is 32.6 Å². The molecule has 2 bridgehead atoms. The van der Waals surface area contributed by atoms with E-state index in [0.29, 0.717) is 19.0 Å². The number of carbonyl (C=O) groups excluding carboxylic acids is 1. The fourth-order valence-electron chi connectivity index (χ4n) is 4.25. The summed E-state index contributed by atoms with van der Waals surface area (Å²) >= 11 is 0. The van der Waals surface area contributed by atoms with E-state index in [2.05, 4.69) is 0 Å². The Kier molecular flexibility index (Phi) is 2.83. The molecule has 0 spiro atoms. The molecular weight excluding hydrogens is 230 g/mol. The third-order valence-electron chi connectivity index (χ3n) is 5.30. The number of carboxylic acids is 1. The van der Waals surface area contributed by atoms with Crippen LogP contribution in [0, 0.1) is 29.6 Å². The highest BCUT2D eigenvalue weighted by molar-refractivity contribution is 5.81. The SMILES string of the molecule is CC1CN(C(=O)C2CC3CCC2C3)CC1C(=O)O. The molecule has 1 heterocycles. The Hall–Kier alpha value is -1.06. The van der Waals surface area contributed by atoms with Crippen LogP contribution in [0.5, 0.6) is 0 Å². The van der Waals surface area contributed by atoms with Crippen LogP contribution in [-0.4, -0.2) is 35.0 Å². The summed E-state index contributed by atoms with van der Waals surface area (Å²) in [4.78, 5) is 25.4. The second-order valence-corrected chi connectivity index (χ2v) is 6.45. The summed E-state index contributed by atoms with van der Waals surface area (Å²) in [7, 11) is 0. The van der Waals surface area contributed by atoms with Crippen molar-refractivity contribution in [2.75, 3.05) is 13.1 Å². The Labute approximate surface area is 107 Å². The number of rotatable bonds is 2. The number of aliphatic carboxylic acids is 1. The Morgan fingerprint density at radius 1 is 1.11 bits per heavy atom. The maximum absolute atomic E-state index is 12.5. The molecule has 1 amide bonds. The summed E-state index contributed by atoms with van der Waals surface area (Å²) in [6.45, 7) is 2.99. The first-order valence-electron chi connectivity index (χ1n) is 7.08. The molecule has 5 atom stereocenters. The lowest BCUT2D eigenvalue weighted by Gasteiger charge is -2.26. The largest absolute Gasteiger partial charge is 0.481 e. The van der Waals surface area contributed by atoms with Crippen LogP contribution in [0.4, 0.5) is 0 Å². The lowest BCUT2D eigenvalue weighted by Crippen LogP contribution is -2.37. The Morgan fingerprint density at radius 3 is 2.39 bits per heavy atom. The summed E-state index contributed by atoms with van der Waals surface area (Å²) in [5.74, 6) is 0.741. The van der Waals surface area contributed by atoms with E-state index in [0.717, 1.165) is 12.3 Å². The van der Waals surface area contributed by atoms with Crippen LogP contribution in [0.3, 0.4) is 0 Å². The third kappa shape index (κ3) is 1.82. The number of fused-ring (bicyclic) bond motifs is 2. The highest BCUT2D eigenvalue weighted by Gasteiger charge is 2.46. The quantitative estimate of drug-likeness (QED) is 0.811. The number of carbonyl (C=O) groups is 2. The van der Waals surface area contributed by atoms with Crippen LogP contribution < -0.4 is 0 Å². The molecule has 1 saturated heterocycles.